The quantitative estimate of drug-likeness (QED) is 0.627. The van der Waals surface area contributed by atoms with E-state index in [4.69, 9.17) is 0 Å². The molecule has 0 bridgehead atoms. The fourth-order valence-electron chi connectivity index (χ4n) is 2.71. The third-order valence-corrected chi connectivity index (χ3v) is 6.54. The molecule has 0 unspecified atom stereocenters. The molecule has 3 aromatic rings. The van der Waals surface area contributed by atoms with Crippen molar-refractivity contribution in [2.24, 2.45) is 0 Å². The van der Waals surface area contributed by atoms with Crippen molar-refractivity contribution in [2.75, 3.05) is 6.54 Å². The molecule has 0 amide bonds. The number of aromatic nitrogens is 2. The van der Waals surface area contributed by atoms with Gasteiger partial charge in [0.2, 0.25) is 10.0 Å². The largest absolute Gasteiger partial charge is 0.265 e. The molecule has 0 spiro atoms. The standard InChI is InChI=1S/C19H21N3O2S2/c1-14-5-6-18(15(2)12-14)26(23,24)21-9-3-4-19-22-17(13-25-19)16-7-10-20-11-8-16/h5-8,10-13,21H,3-4,9H2,1-2H3. The smallest absolute Gasteiger partial charge is 0.240 e. The summed E-state index contributed by atoms with van der Waals surface area (Å²) in [6.07, 6.45) is 4.94. The molecule has 0 aliphatic rings. The van der Waals surface area contributed by atoms with Crippen molar-refractivity contribution in [1.82, 2.24) is 14.7 Å². The second kappa shape index (κ2) is 8.07. The normalized spacial score (nSPS) is 11.6. The third-order valence-electron chi connectivity index (χ3n) is 4.01. The molecule has 3 rings (SSSR count). The van der Waals surface area contributed by atoms with Gasteiger partial charge in [0.05, 0.1) is 15.6 Å². The summed E-state index contributed by atoms with van der Waals surface area (Å²) in [7, 11) is -3.47. The maximum Gasteiger partial charge on any atom is 0.240 e. The molecule has 1 N–H and O–H groups in total. The topological polar surface area (TPSA) is 72.0 Å². The van der Waals surface area contributed by atoms with Crippen LogP contribution in [-0.4, -0.2) is 24.9 Å². The van der Waals surface area contributed by atoms with Crippen LogP contribution in [0.3, 0.4) is 0 Å². The zero-order valence-corrected chi connectivity index (χ0v) is 16.4. The number of nitrogens with zero attached hydrogens (tertiary/aromatic N) is 2. The molecule has 7 heteroatoms. The van der Waals surface area contributed by atoms with Crippen LogP contribution in [0.1, 0.15) is 22.6 Å². The van der Waals surface area contributed by atoms with Gasteiger partial charge in [0.1, 0.15) is 0 Å². The van der Waals surface area contributed by atoms with E-state index in [2.05, 4.69) is 14.7 Å². The van der Waals surface area contributed by atoms with Crippen LogP contribution in [0.25, 0.3) is 11.3 Å². The van der Waals surface area contributed by atoms with Gasteiger partial charge in [0.25, 0.3) is 0 Å². The Balaban J connectivity index is 1.55. The van der Waals surface area contributed by atoms with E-state index in [9.17, 15) is 8.42 Å². The zero-order chi connectivity index (χ0) is 18.6. The van der Waals surface area contributed by atoms with Crippen molar-refractivity contribution in [2.45, 2.75) is 31.6 Å². The number of nitrogens with one attached hydrogen (secondary N) is 1. The number of thiazole rings is 1. The van der Waals surface area contributed by atoms with Gasteiger partial charge < -0.3 is 0 Å². The molecule has 0 fully saturated rings. The Morgan fingerprint density at radius 2 is 1.88 bits per heavy atom. The van der Waals surface area contributed by atoms with Crippen LogP contribution in [0.15, 0.2) is 53.0 Å². The van der Waals surface area contributed by atoms with E-state index >= 15 is 0 Å². The number of benzene rings is 1. The lowest BCUT2D eigenvalue weighted by Crippen LogP contribution is -2.25. The minimum absolute atomic E-state index is 0.345. The van der Waals surface area contributed by atoms with Crippen molar-refractivity contribution in [3.63, 3.8) is 0 Å². The van der Waals surface area contributed by atoms with E-state index in [0.717, 1.165) is 33.8 Å². The second-order valence-corrected chi connectivity index (χ2v) is 8.81. The molecule has 136 valence electrons. The highest BCUT2D eigenvalue weighted by Crippen LogP contribution is 2.22. The first-order chi connectivity index (χ1) is 12.5. The van der Waals surface area contributed by atoms with Crippen LogP contribution in [-0.2, 0) is 16.4 Å². The predicted molar refractivity (Wildman–Crippen MR) is 105 cm³/mol. The van der Waals surface area contributed by atoms with E-state index in [1.165, 1.54) is 0 Å². The lowest BCUT2D eigenvalue weighted by molar-refractivity contribution is 0.578. The van der Waals surface area contributed by atoms with Crippen molar-refractivity contribution in [3.05, 3.63) is 64.2 Å². The monoisotopic (exact) mass is 387 g/mol. The third kappa shape index (κ3) is 4.55. The van der Waals surface area contributed by atoms with Crippen LogP contribution in [0, 0.1) is 13.8 Å². The first-order valence-electron chi connectivity index (χ1n) is 8.37. The lowest BCUT2D eigenvalue weighted by Gasteiger charge is -2.09. The Morgan fingerprint density at radius 3 is 2.62 bits per heavy atom. The highest BCUT2D eigenvalue weighted by molar-refractivity contribution is 7.89. The second-order valence-electron chi connectivity index (χ2n) is 6.13. The minimum atomic E-state index is -3.47. The molecular weight excluding hydrogens is 366 g/mol. The summed E-state index contributed by atoms with van der Waals surface area (Å²) < 4.78 is 27.6. The molecule has 0 saturated carbocycles. The van der Waals surface area contributed by atoms with Crippen molar-refractivity contribution < 1.29 is 8.42 Å². The average molecular weight is 388 g/mol. The fourth-order valence-corrected chi connectivity index (χ4v) is 4.85. The Kier molecular flexibility index (Phi) is 5.80. The SMILES string of the molecule is Cc1ccc(S(=O)(=O)NCCCc2nc(-c3ccncc3)cs2)c(C)c1. The number of hydrogen-bond donors (Lipinski definition) is 1. The van der Waals surface area contributed by atoms with Crippen molar-refractivity contribution in [3.8, 4) is 11.3 Å². The number of pyridine rings is 1. The van der Waals surface area contributed by atoms with E-state index < -0.39 is 10.0 Å². The fraction of sp³-hybridized carbons (Fsp3) is 0.263. The van der Waals surface area contributed by atoms with Crippen molar-refractivity contribution in [1.29, 1.82) is 0 Å². The molecule has 5 nitrogen and oxygen atoms in total. The number of aryl methyl sites for hydroxylation is 3. The summed E-state index contributed by atoms with van der Waals surface area (Å²) in [6, 6.07) is 9.21. The average Bonchev–Trinajstić information content (AvgIpc) is 3.08. The van der Waals surface area contributed by atoms with Crippen molar-refractivity contribution >= 4 is 21.4 Å². The summed E-state index contributed by atoms with van der Waals surface area (Å²) in [6.45, 7) is 4.16. The number of rotatable bonds is 7. The maximum atomic E-state index is 12.4. The first kappa shape index (κ1) is 18.7. The van der Waals surface area contributed by atoms with Gasteiger partial charge in [-0.15, -0.1) is 11.3 Å². The van der Waals surface area contributed by atoms with Crippen LogP contribution in [0.4, 0.5) is 0 Å². The first-order valence-corrected chi connectivity index (χ1v) is 10.7. The van der Waals surface area contributed by atoms with E-state index in [1.807, 2.05) is 43.5 Å². The Morgan fingerprint density at radius 1 is 1.12 bits per heavy atom. The summed E-state index contributed by atoms with van der Waals surface area (Å²) >= 11 is 1.59. The highest BCUT2D eigenvalue weighted by atomic mass is 32.2. The molecule has 0 aliphatic carbocycles. The van der Waals surface area contributed by atoms with Crippen LogP contribution in [0.5, 0.6) is 0 Å². The molecule has 2 aromatic heterocycles. The van der Waals surface area contributed by atoms with E-state index in [-0.39, 0.29) is 0 Å². The van der Waals surface area contributed by atoms with E-state index in [1.54, 1.807) is 29.8 Å². The molecular formula is C19H21N3O2S2. The van der Waals surface area contributed by atoms with Gasteiger partial charge in [-0.1, -0.05) is 17.7 Å². The van der Waals surface area contributed by atoms with Gasteiger partial charge in [-0.05, 0) is 44.0 Å². The van der Waals surface area contributed by atoms with Crippen LogP contribution >= 0.6 is 11.3 Å². The van der Waals surface area contributed by atoms with E-state index in [0.29, 0.717) is 17.9 Å². The number of sulfonamides is 1. The molecule has 0 atom stereocenters. The molecule has 0 radical (unpaired) electrons. The minimum Gasteiger partial charge on any atom is -0.265 e. The summed E-state index contributed by atoms with van der Waals surface area (Å²) in [4.78, 5) is 8.96. The Bertz CT molecular complexity index is 983. The molecule has 1 aromatic carbocycles. The molecule has 2 heterocycles. The van der Waals surface area contributed by atoms with Gasteiger partial charge in [-0.3, -0.25) is 4.98 Å². The Hall–Kier alpha value is -2.09. The maximum absolute atomic E-state index is 12.4. The highest BCUT2D eigenvalue weighted by Gasteiger charge is 2.16. The number of hydrogen-bond acceptors (Lipinski definition) is 5. The van der Waals surface area contributed by atoms with Crippen LogP contribution < -0.4 is 4.72 Å². The van der Waals surface area contributed by atoms with Gasteiger partial charge in [0.15, 0.2) is 0 Å². The van der Waals surface area contributed by atoms with Gasteiger partial charge in [0, 0.05) is 36.3 Å². The summed E-state index contributed by atoms with van der Waals surface area (Å²) in [5.41, 5.74) is 3.79. The zero-order valence-electron chi connectivity index (χ0n) is 14.8. The summed E-state index contributed by atoms with van der Waals surface area (Å²) in [5, 5.41) is 3.02. The molecule has 0 saturated heterocycles. The predicted octanol–water partition coefficient (Wildman–Crippen LogP) is 3.73. The Labute approximate surface area is 158 Å². The van der Waals surface area contributed by atoms with Crippen LogP contribution in [0.2, 0.25) is 0 Å². The molecule has 0 aliphatic heterocycles. The molecule has 26 heavy (non-hydrogen) atoms. The summed E-state index contributed by atoms with van der Waals surface area (Å²) in [5.74, 6) is 0. The lowest BCUT2D eigenvalue weighted by atomic mass is 10.2. The van der Waals surface area contributed by atoms with Gasteiger partial charge in [-0.2, -0.15) is 0 Å². The van der Waals surface area contributed by atoms with Gasteiger partial charge in [-0.25, -0.2) is 18.1 Å². The van der Waals surface area contributed by atoms with Gasteiger partial charge >= 0.3 is 0 Å².